The van der Waals surface area contributed by atoms with Crippen molar-refractivity contribution in [1.82, 2.24) is 4.57 Å². The number of rotatable bonds is 5. The second-order valence-electron chi connectivity index (χ2n) is 6.16. The molecule has 20 heavy (non-hydrogen) atoms. The van der Waals surface area contributed by atoms with Crippen LogP contribution in [0.25, 0.3) is 0 Å². The SMILES string of the molecule is COC(=O)C1=C=C(Br)[CH]N1[Si](C(C)C)(C(C)C)C(C)C. The van der Waals surface area contributed by atoms with Gasteiger partial charge in [-0.25, -0.2) is 4.79 Å². The first-order chi connectivity index (χ1) is 9.19. The number of halogens is 1. The quantitative estimate of drug-likeness (QED) is 0.409. The maximum absolute atomic E-state index is 12.1. The number of methoxy groups -OCH3 is 1. The lowest BCUT2D eigenvalue weighted by Gasteiger charge is -2.50. The molecule has 0 fully saturated rings. The molecule has 0 bridgehead atoms. The highest BCUT2D eigenvalue weighted by molar-refractivity contribution is 9.11. The van der Waals surface area contributed by atoms with Crippen LogP contribution in [0, 0.1) is 6.54 Å². The molecule has 1 rings (SSSR count). The maximum Gasteiger partial charge on any atom is 0.361 e. The van der Waals surface area contributed by atoms with Crippen LogP contribution in [0.15, 0.2) is 15.9 Å². The smallest absolute Gasteiger partial charge is 0.361 e. The molecule has 0 saturated heterocycles. The molecule has 0 N–H and O–H groups in total. The van der Waals surface area contributed by atoms with Gasteiger partial charge in [-0.05, 0) is 32.6 Å². The zero-order valence-corrected chi connectivity index (χ0v) is 16.0. The van der Waals surface area contributed by atoms with E-state index in [1.165, 1.54) is 7.11 Å². The average Bonchev–Trinajstić information content (AvgIpc) is 2.69. The molecule has 0 unspecified atom stereocenters. The molecule has 0 atom stereocenters. The summed E-state index contributed by atoms with van der Waals surface area (Å²) in [5.74, 6) is -0.311. The summed E-state index contributed by atoms with van der Waals surface area (Å²) in [5, 5.41) is 0. The van der Waals surface area contributed by atoms with E-state index >= 15 is 0 Å². The van der Waals surface area contributed by atoms with Crippen molar-refractivity contribution in [2.24, 2.45) is 0 Å². The van der Waals surface area contributed by atoms with E-state index in [9.17, 15) is 4.79 Å². The van der Waals surface area contributed by atoms with Crippen LogP contribution in [-0.4, -0.2) is 25.9 Å². The Kier molecular flexibility index (Phi) is 5.70. The minimum atomic E-state index is -1.95. The van der Waals surface area contributed by atoms with Gasteiger partial charge in [0.2, 0.25) is 0 Å². The van der Waals surface area contributed by atoms with Crippen LogP contribution < -0.4 is 0 Å². The minimum Gasteiger partial charge on any atom is -0.464 e. The van der Waals surface area contributed by atoms with Crippen molar-refractivity contribution in [2.45, 2.75) is 58.2 Å². The third-order valence-electron chi connectivity index (χ3n) is 4.29. The second-order valence-corrected chi connectivity index (χ2v) is 12.7. The lowest BCUT2D eigenvalue weighted by Crippen LogP contribution is -2.58. The Morgan fingerprint density at radius 3 is 2.00 bits per heavy atom. The van der Waals surface area contributed by atoms with Crippen LogP contribution in [0.5, 0.6) is 0 Å². The number of ether oxygens (including phenoxy) is 1. The van der Waals surface area contributed by atoms with Gasteiger partial charge in [0, 0.05) is 0 Å². The normalized spacial score (nSPS) is 16.1. The molecule has 0 aliphatic carbocycles. The molecule has 113 valence electrons. The van der Waals surface area contributed by atoms with Crippen molar-refractivity contribution in [3.8, 4) is 0 Å². The van der Waals surface area contributed by atoms with Crippen molar-refractivity contribution in [3.63, 3.8) is 0 Å². The van der Waals surface area contributed by atoms with Gasteiger partial charge in [0.05, 0.1) is 18.1 Å². The topological polar surface area (TPSA) is 29.5 Å². The molecule has 0 aromatic rings. The number of hydrogen-bond donors (Lipinski definition) is 0. The van der Waals surface area contributed by atoms with Gasteiger partial charge in [-0.3, -0.25) is 0 Å². The Hall–Kier alpha value is -0.513. The van der Waals surface area contributed by atoms with Crippen molar-refractivity contribution in [3.05, 3.63) is 22.5 Å². The number of carbonyl (C=O) groups excluding carboxylic acids is 1. The molecule has 1 heterocycles. The van der Waals surface area contributed by atoms with Gasteiger partial charge < -0.3 is 9.30 Å². The monoisotopic (exact) mass is 358 g/mol. The average molecular weight is 359 g/mol. The lowest BCUT2D eigenvalue weighted by molar-refractivity contribution is -0.137. The summed E-state index contributed by atoms with van der Waals surface area (Å²) < 4.78 is 7.95. The van der Waals surface area contributed by atoms with Gasteiger partial charge in [-0.1, -0.05) is 47.3 Å². The predicted octanol–water partition coefficient (Wildman–Crippen LogP) is 4.57. The summed E-state index contributed by atoms with van der Waals surface area (Å²) in [6, 6.07) is 0. The minimum absolute atomic E-state index is 0.311. The van der Waals surface area contributed by atoms with Gasteiger partial charge in [-0.15, -0.1) is 0 Å². The third kappa shape index (κ3) is 2.76. The third-order valence-corrected chi connectivity index (χ3v) is 11.4. The van der Waals surface area contributed by atoms with Crippen LogP contribution >= 0.6 is 15.9 Å². The molecule has 0 aromatic heterocycles. The fraction of sp³-hybridized carbons (Fsp3) is 0.667. The molecule has 0 spiro atoms. The first-order valence-electron chi connectivity index (χ1n) is 7.08. The lowest BCUT2D eigenvalue weighted by atomic mass is 10.5. The van der Waals surface area contributed by atoms with Gasteiger partial charge in [0.1, 0.15) is 0 Å². The van der Waals surface area contributed by atoms with E-state index in [4.69, 9.17) is 4.74 Å². The Balaban J connectivity index is 3.37. The molecular formula is C15H25BrNO2Si. The molecule has 0 saturated carbocycles. The Morgan fingerprint density at radius 1 is 1.20 bits per heavy atom. The predicted molar refractivity (Wildman–Crippen MR) is 88.7 cm³/mol. The fourth-order valence-corrected chi connectivity index (χ4v) is 10.9. The molecule has 0 aromatic carbocycles. The summed E-state index contributed by atoms with van der Waals surface area (Å²) in [6.45, 7) is 15.6. The van der Waals surface area contributed by atoms with E-state index in [2.05, 4.69) is 67.8 Å². The van der Waals surface area contributed by atoms with Crippen LogP contribution in [-0.2, 0) is 9.53 Å². The largest absolute Gasteiger partial charge is 0.464 e. The fourth-order valence-electron chi connectivity index (χ4n) is 3.77. The number of esters is 1. The molecule has 1 radical (unpaired) electrons. The number of hydrogen-bond acceptors (Lipinski definition) is 3. The second kappa shape index (κ2) is 6.50. The summed E-state index contributed by atoms with van der Waals surface area (Å²) in [4.78, 5) is 12.1. The van der Waals surface area contributed by atoms with E-state index in [0.29, 0.717) is 22.3 Å². The van der Waals surface area contributed by atoms with Crippen LogP contribution in [0.3, 0.4) is 0 Å². The van der Waals surface area contributed by atoms with E-state index in [1.807, 2.05) is 6.54 Å². The summed E-state index contributed by atoms with van der Waals surface area (Å²) in [6.07, 6.45) is 0. The standard InChI is InChI=1S/C15H25BrNO2Si/c1-10(2)20(11(3)4,12(5)6)17-9-13(16)8-14(17)15(18)19-7/h9-12H,1-7H3. The van der Waals surface area contributed by atoms with Crippen molar-refractivity contribution in [2.75, 3.05) is 7.11 Å². The number of carbonyl (C=O) groups is 1. The van der Waals surface area contributed by atoms with Crippen LogP contribution in [0.2, 0.25) is 16.6 Å². The summed E-state index contributed by atoms with van der Waals surface area (Å²) in [5.41, 5.74) is 5.19. The number of nitrogens with zero attached hydrogens (tertiary/aromatic N) is 1. The first-order valence-corrected chi connectivity index (χ1v) is 10.1. The zero-order chi connectivity index (χ0) is 15.7. The van der Waals surface area contributed by atoms with Crippen LogP contribution in [0.4, 0.5) is 0 Å². The maximum atomic E-state index is 12.1. The highest BCUT2D eigenvalue weighted by atomic mass is 79.9. The van der Waals surface area contributed by atoms with E-state index < -0.39 is 8.24 Å². The van der Waals surface area contributed by atoms with Gasteiger partial charge in [0.25, 0.3) is 0 Å². The van der Waals surface area contributed by atoms with Gasteiger partial charge in [-0.2, -0.15) is 0 Å². The molecular weight excluding hydrogens is 334 g/mol. The van der Waals surface area contributed by atoms with E-state index in [-0.39, 0.29) is 5.97 Å². The summed E-state index contributed by atoms with van der Waals surface area (Å²) >= 11 is 3.46. The van der Waals surface area contributed by atoms with Crippen molar-refractivity contribution in [1.29, 1.82) is 0 Å². The Bertz CT molecular complexity index is 429. The van der Waals surface area contributed by atoms with Crippen molar-refractivity contribution < 1.29 is 9.53 Å². The molecule has 0 amide bonds. The first kappa shape index (κ1) is 17.5. The molecule has 5 heteroatoms. The highest BCUT2D eigenvalue weighted by Gasteiger charge is 2.51. The Labute approximate surface area is 132 Å². The van der Waals surface area contributed by atoms with Crippen molar-refractivity contribution >= 4 is 30.1 Å². The molecule has 3 nitrogen and oxygen atoms in total. The summed E-state index contributed by atoms with van der Waals surface area (Å²) in [7, 11) is -0.530. The van der Waals surface area contributed by atoms with Crippen LogP contribution in [0.1, 0.15) is 41.5 Å². The van der Waals surface area contributed by atoms with Gasteiger partial charge in [0.15, 0.2) is 13.9 Å². The van der Waals surface area contributed by atoms with E-state index in [1.54, 1.807) is 0 Å². The van der Waals surface area contributed by atoms with E-state index in [0.717, 1.165) is 4.48 Å². The van der Waals surface area contributed by atoms with Gasteiger partial charge >= 0.3 is 5.97 Å². The molecule has 1 aliphatic heterocycles. The zero-order valence-electron chi connectivity index (χ0n) is 13.5. The highest BCUT2D eigenvalue weighted by Crippen LogP contribution is 2.48. The molecule has 1 aliphatic rings. The Morgan fingerprint density at radius 2 is 1.65 bits per heavy atom.